The molecule has 0 aliphatic carbocycles. The third kappa shape index (κ3) is 3.12. The highest BCUT2D eigenvalue weighted by Crippen LogP contribution is 2.22. The summed E-state index contributed by atoms with van der Waals surface area (Å²) in [6, 6.07) is 5.73. The Morgan fingerprint density at radius 2 is 2.17 bits per heavy atom. The summed E-state index contributed by atoms with van der Waals surface area (Å²) in [5, 5.41) is 0.701. The Morgan fingerprint density at radius 3 is 2.94 bits per heavy atom. The Labute approximate surface area is 117 Å². The molecule has 0 atom stereocenters. The number of imidazole rings is 1. The SMILES string of the molecule is CSCCCCCn1c(N)nc2cc(Cl)ccc21. The van der Waals surface area contributed by atoms with Crippen LogP contribution in [0.2, 0.25) is 5.02 Å². The fourth-order valence-electron chi connectivity index (χ4n) is 2.05. The van der Waals surface area contributed by atoms with Crippen molar-refractivity contribution in [2.75, 3.05) is 17.7 Å². The van der Waals surface area contributed by atoms with Crippen molar-refractivity contribution in [2.24, 2.45) is 0 Å². The quantitative estimate of drug-likeness (QED) is 0.820. The Kier molecular flexibility index (Phi) is 4.78. The molecule has 0 unspecified atom stereocenters. The summed E-state index contributed by atoms with van der Waals surface area (Å²) in [5.41, 5.74) is 7.90. The smallest absolute Gasteiger partial charge is 0.201 e. The van der Waals surface area contributed by atoms with Gasteiger partial charge in [0, 0.05) is 11.6 Å². The van der Waals surface area contributed by atoms with Gasteiger partial charge < -0.3 is 10.3 Å². The number of thioether (sulfide) groups is 1. The lowest BCUT2D eigenvalue weighted by atomic mass is 10.2. The van der Waals surface area contributed by atoms with E-state index in [2.05, 4.69) is 15.8 Å². The van der Waals surface area contributed by atoms with Gasteiger partial charge in [0.05, 0.1) is 11.0 Å². The third-order valence-corrected chi connectivity index (χ3v) is 3.90. The average Bonchev–Trinajstić information content (AvgIpc) is 2.64. The Balaban J connectivity index is 2.05. The number of unbranched alkanes of at least 4 members (excludes halogenated alkanes) is 2. The second-order valence-electron chi connectivity index (χ2n) is 4.31. The van der Waals surface area contributed by atoms with Gasteiger partial charge in [0.15, 0.2) is 0 Å². The number of anilines is 1. The van der Waals surface area contributed by atoms with Gasteiger partial charge in [0.25, 0.3) is 0 Å². The number of aryl methyl sites for hydroxylation is 1. The molecule has 3 nitrogen and oxygen atoms in total. The number of halogens is 1. The second-order valence-corrected chi connectivity index (χ2v) is 5.73. The van der Waals surface area contributed by atoms with Crippen LogP contribution in [0.1, 0.15) is 19.3 Å². The molecule has 18 heavy (non-hydrogen) atoms. The molecule has 0 bridgehead atoms. The first-order valence-corrected chi connectivity index (χ1v) is 7.90. The molecule has 1 aromatic heterocycles. The van der Waals surface area contributed by atoms with Crippen molar-refractivity contribution < 1.29 is 0 Å². The first kappa shape index (κ1) is 13.6. The van der Waals surface area contributed by atoms with Crippen molar-refractivity contribution in [2.45, 2.75) is 25.8 Å². The Morgan fingerprint density at radius 1 is 1.33 bits per heavy atom. The topological polar surface area (TPSA) is 43.8 Å². The van der Waals surface area contributed by atoms with Gasteiger partial charge in [-0.2, -0.15) is 11.8 Å². The van der Waals surface area contributed by atoms with Crippen LogP contribution >= 0.6 is 23.4 Å². The van der Waals surface area contributed by atoms with Gasteiger partial charge in [0.2, 0.25) is 5.95 Å². The first-order chi connectivity index (χ1) is 8.72. The molecule has 1 heterocycles. The van der Waals surface area contributed by atoms with E-state index in [4.69, 9.17) is 17.3 Å². The molecule has 2 aromatic rings. The molecule has 98 valence electrons. The van der Waals surface area contributed by atoms with Gasteiger partial charge in [-0.25, -0.2) is 4.98 Å². The van der Waals surface area contributed by atoms with Crippen LogP contribution in [0.4, 0.5) is 5.95 Å². The summed E-state index contributed by atoms with van der Waals surface area (Å²) < 4.78 is 2.07. The fraction of sp³-hybridized carbons (Fsp3) is 0.462. The number of fused-ring (bicyclic) bond motifs is 1. The fourth-order valence-corrected chi connectivity index (χ4v) is 2.71. The van der Waals surface area contributed by atoms with Gasteiger partial charge in [-0.15, -0.1) is 0 Å². The molecule has 0 spiro atoms. The molecule has 0 amide bonds. The highest BCUT2D eigenvalue weighted by molar-refractivity contribution is 7.98. The summed E-state index contributed by atoms with van der Waals surface area (Å²) in [6.07, 6.45) is 5.77. The highest BCUT2D eigenvalue weighted by Gasteiger charge is 2.07. The molecule has 0 saturated carbocycles. The molecule has 0 aliphatic heterocycles. The van der Waals surface area contributed by atoms with Crippen LogP contribution in [-0.4, -0.2) is 21.6 Å². The number of hydrogen-bond donors (Lipinski definition) is 1. The van der Waals surface area contributed by atoms with E-state index in [9.17, 15) is 0 Å². The van der Waals surface area contributed by atoms with Crippen molar-refractivity contribution in [1.29, 1.82) is 0 Å². The summed E-state index contributed by atoms with van der Waals surface area (Å²) >= 11 is 7.85. The zero-order valence-corrected chi connectivity index (χ0v) is 12.1. The van der Waals surface area contributed by atoms with Crippen molar-refractivity contribution in [3.8, 4) is 0 Å². The molecule has 0 aliphatic rings. The van der Waals surface area contributed by atoms with Crippen molar-refractivity contribution >= 4 is 40.3 Å². The molecule has 2 N–H and O–H groups in total. The number of nitrogens with zero attached hydrogens (tertiary/aromatic N) is 2. The maximum atomic E-state index is 5.95. The van der Waals surface area contributed by atoms with Crippen molar-refractivity contribution in [3.05, 3.63) is 23.2 Å². The monoisotopic (exact) mass is 283 g/mol. The predicted octanol–water partition coefficient (Wildman–Crippen LogP) is 3.81. The number of nitrogen functional groups attached to an aromatic ring is 1. The second kappa shape index (κ2) is 6.34. The van der Waals surface area contributed by atoms with E-state index in [1.165, 1.54) is 18.6 Å². The standard InChI is InChI=1S/C13H18ClN3S/c1-18-8-4-2-3-7-17-12-6-5-10(14)9-11(12)16-13(17)15/h5-6,9H,2-4,7-8H2,1H3,(H2,15,16). The minimum Gasteiger partial charge on any atom is -0.369 e. The van der Waals surface area contributed by atoms with E-state index in [-0.39, 0.29) is 0 Å². The van der Waals surface area contributed by atoms with Crippen LogP contribution in [0.3, 0.4) is 0 Å². The summed E-state index contributed by atoms with van der Waals surface area (Å²) in [5.74, 6) is 1.81. The van der Waals surface area contributed by atoms with Crippen LogP contribution in [0.15, 0.2) is 18.2 Å². The van der Waals surface area contributed by atoms with Crippen molar-refractivity contribution in [1.82, 2.24) is 9.55 Å². The molecule has 2 rings (SSSR count). The highest BCUT2D eigenvalue weighted by atomic mass is 35.5. The lowest BCUT2D eigenvalue weighted by molar-refractivity contribution is 0.621. The molecule has 1 aromatic carbocycles. The van der Waals surface area contributed by atoms with Crippen LogP contribution in [0.25, 0.3) is 11.0 Å². The summed E-state index contributed by atoms with van der Waals surface area (Å²) in [4.78, 5) is 4.34. The number of aromatic nitrogens is 2. The van der Waals surface area contributed by atoms with Crippen LogP contribution in [0, 0.1) is 0 Å². The molecule has 0 saturated heterocycles. The number of benzene rings is 1. The van der Waals surface area contributed by atoms with E-state index in [1.807, 2.05) is 30.0 Å². The van der Waals surface area contributed by atoms with Gasteiger partial charge in [-0.05, 0) is 43.0 Å². The lowest BCUT2D eigenvalue weighted by Crippen LogP contribution is -2.03. The van der Waals surface area contributed by atoms with Crippen LogP contribution in [0.5, 0.6) is 0 Å². The predicted molar refractivity (Wildman–Crippen MR) is 81.4 cm³/mol. The lowest BCUT2D eigenvalue weighted by Gasteiger charge is -2.06. The van der Waals surface area contributed by atoms with Gasteiger partial charge >= 0.3 is 0 Å². The Hall–Kier alpha value is -0.870. The largest absolute Gasteiger partial charge is 0.369 e. The maximum absolute atomic E-state index is 5.95. The van der Waals surface area contributed by atoms with E-state index in [0.717, 1.165) is 24.0 Å². The van der Waals surface area contributed by atoms with Crippen molar-refractivity contribution in [3.63, 3.8) is 0 Å². The summed E-state index contributed by atoms with van der Waals surface area (Å²) in [7, 11) is 0. The summed E-state index contributed by atoms with van der Waals surface area (Å²) in [6.45, 7) is 0.929. The zero-order chi connectivity index (χ0) is 13.0. The van der Waals surface area contributed by atoms with Crippen LogP contribution < -0.4 is 5.73 Å². The molecule has 0 radical (unpaired) electrons. The minimum absolute atomic E-state index is 0.581. The minimum atomic E-state index is 0.581. The Bertz CT molecular complexity index is 524. The first-order valence-electron chi connectivity index (χ1n) is 6.12. The molecule has 5 heteroatoms. The number of rotatable bonds is 6. The van der Waals surface area contributed by atoms with E-state index < -0.39 is 0 Å². The number of hydrogen-bond acceptors (Lipinski definition) is 3. The van der Waals surface area contributed by atoms with Gasteiger partial charge in [0.1, 0.15) is 0 Å². The van der Waals surface area contributed by atoms with E-state index in [0.29, 0.717) is 11.0 Å². The molecular weight excluding hydrogens is 266 g/mol. The molecule has 0 fully saturated rings. The zero-order valence-electron chi connectivity index (χ0n) is 10.5. The number of nitrogens with two attached hydrogens (primary N) is 1. The van der Waals surface area contributed by atoms with Gasteiger partial charge in [-0.1, -0.05) is 18.0 Å². The maximum Gasteiger partial charge on any atom is 0.201 e. The normalized spacial score (nSPS) is 11.2. The van der Waals surface area contributed by atoms with Crippen LogP contribution in [-0.2, 0) is 6.54 Å². The van der Waals surface area contributed by atoms with E-state index in [1.54, 1.807) is 0 Å². The third-order valence-electron chi connectivity index (χ3n) is 2.97. The average molecular weight is 284 g/mol. The van der Waals surface area contributed by atoms with Gasteiger partial charge in [-0.3, -0.25) is 0 Å². The van der Waals surface area contributed by atoms with E-state index >= 15 is 0 Å². The molecular formula is C13H18ClN3S.